The highest BCUT2D eigenvalue weighted by Crippen LogP contribution is 2.53. The van der Waals surface area contributed by atoms with Gasteiger partial charge >= 0.3 is 0 Å². The number of Topliss-reactive ketones (excluding diaryl/α,β-unsaturated/α-hetero) is 2. The number of ketones is 2. The highest BCUT2D eigenvalue weighted by Gasteiger charge is 2.64. The van der Waals surface area contributed by atoms with Crippen molar-refractivity contribution in [3.8, 4) is 16.9 Å². The largest absolute Gasteiger partial charge is 0.508 e. The van der Waals surface area contributed by atoms with E-state index < -0.39 is 58.0 Å². The number of aromatic nitrogens is 1. The van der Waals surface area contributed by atoms with Crippen LogP contribution in [0.3, 0.4) is 0 Å². The van der Waals surface area contributed by atoms with Gasteiger partial charge in [0.25, 0.3) is 5.91 Å². The standard InChI is InChI=1S/C31H34N4O7/c1-5-8-35(4)14-15-9-17(13-33-12-15)18-6-7-21(36)23-19(18)10-16-11-20-25(34(2)3)27(38)24(30(32)41)29(40)31(20,42)28(39)22(16)26(23)37/h5-7,9,12-13,16,20,25,36-37,40,42H,1,8,10-11,14H2,2-4H3,(H2,32,41)/t16-,20-,25+,31-/m0/s1. The van der Waals surface area contributed by atoms with Crippen LogP contribution >= 0.6 is 0 Å². The third-order valence-electron chi connectivity index (χ3n) is 8.60. The Morgan fingerprint density at radius 1 is 1.19 bits per heavy atom. The monoisotopic (exact) mass is 574 g/mol. The molecule has 1 aromatic carbocycles. The van der Waals surface area contributed by atoms with E-state index in [1.54, 1.807) is 38.6 Å². The molecule has 1 fully saturated rings. The number of rotatable bonds is 7. The van der Waals surface area contributed by atoms with Crippen molar-refractivity contribution in [2.24, 2.45) is 17.6 Å². The quantitative estimate of drug-likeness (QED) is 0.241. The second-order valence-corrected chi connectivity index (χ2v) is 11.5. The predicted octanol–water partition coefficient (Wildman–Crippen LogP) is 1.64. The van der Waals surface area contributed by atoms with Gasteiger partial charge in [-0.05, 0) is 68.7 Å². The molecular weight excluding hydrogens is 540 g/mol. The number of aliphatic hydroxyl groups is 3. The van der Waals surface area contributed by atoms with E-state index in [2.05, 4.69) is 16.5 Å². The number of phenolic OH excluding ortho intramolecular Hbond substituents is 1. The Labute approximate surface area is 242 Å². The van der Waals surface area contributed by atoms with Crippen LogP contribution in [-0.4, -0.2) is 92.0 Å². The Hall–Kier alpha value is -4.32. The number of carbonyl (C=O) groups is 3. The molecule has 1 heterocycles. The minimum Gasteiger partial charge on any atom is -0.508 e. The van der Waals surface area contributed by atoms with Crippen LogP contribution in [0.2, 0.25) is 0 Å². The predicted molar refractivity (Wildman–Crippen MR) is 154 cm³/mol. The van der Waals surface area contributed by atoms with Crippen LogP contribution in [0.1, 0.15) is 23.1 Å². The maximum absolute atomic E-state index is 14.0. The van der Waals surface area contributed by atoms with Gasteiger partial charge in [-0.2, -0.15) is 0 Å². The number of amides is 1. The fourth-order valence-electron chi connectivity index (χ4n) is 6.83. The van der Waals surface area contributed by atoms with E-state index >= 15 is 0 Å². The van der Waals surface area contributed by atoms with Gasteiger partial charge in [-0.25, -0.2) is 0 Å². The van der Waals surface area contributed by atoms with E-state index in [9.17, 15) is 34.8 Å². The Balaban J connectivity index is 1.66. The van der Waals surface area contributed by atoms with Crippen molar-refractivity contribution in [2.75, 3.05) is 27.7 Å². The lowest BCUT2D eigenvalue weighted by atomic mass is 9.57. The molecule has 1 aromatic heterocycles. The van der Waals surface area contributed by atoms with Gasteiger partial charge in [0, 0.05) is 42.5 Å². The molecule has 5 rings (SSSR count). The number of primary amides is 1. The minimum absolute atomic E-state index is 0.0193. The second-order valence-electron chi connectivity index (χ2n) is 11.5. The fraction of sp³-hybridized carbons (Fsp3) is 0.355. The molecule has 0 saturated heterocycles. The molecule has 4 atom stereocenters. The first-order chi connectivity index (χ1) is 19.8. The first-order valence-corrected chi connectivity index (χ1v) is 13.6. The fourth-order valence-corrected chi connectivity index (χ4v) is 6.83. The number of nitrogens with two attached hydrogens (primary N) is 1. The normalized spacial score (nSPS) is 25.4. The SMILES string of the molecule is C=CCN(C)Cc1cncc(-c2ccc(O)c3c2C[C@H]2C[C@H]4[C@@H](N(C)C)C(=O)C(C(N)=O)=C(O)[C@@]4(O)C(=O)C2=C3O)c1. The van der Waals surface area contributed by atoms with Crippen LogP contribution in [0.15, 0.2) is 60.2 Å². The first kappa shape index (κ1) is 29.2. The van der Waals surface area contributed by atoms with Gasteiger partial charge < -0.3 is 26.2 Å². The van der Waals surface area contributed by atoms with Crippen LogP contribution in [0.25, 0.3) is 16.9 Å². The third-order valence-corrected chi connectivity index (χ3v) is 8.60. The van der Waals surface area contributed by atoms with Crippen molar-refractivity contribution in [1.82, 2.24) is 14.8 Å². The molecule has 1 saturated carbocycles. The molecule has 0 radical (unpaired) electrons. The first-order valence-electron chi connectivity index (χ1n) is 13.6. The number of nitrogens with zero attached hydrogens (tertiary/aromatic N) is 3. The Kier molecular flexibility index (Phi) is 7.30. The van der Waals surface area contributed by atoms with E-state index in [1.165, 1.54) is 11.0 Å². The smallest absolute Gasteiger partial charge is 0.255 e. The molecule has 0 aliphatic heterocycles. The summed E-state index contributed by atoms with van der Waals surface area (Å²) in [5, 5.41) is 45.1. The number of aromatic hydroxyl groups is 1. The van der Waals surface area contributed by atoms with Gasteiger partial charge in [0.1, 0.15) is 22.8 Å². The second kappa shape index (κ2) is 10.5. The van der Waals surface area contributed by atoms with Gasteiger partial charge in [-0.1, -0.05) is 12.1 Å². The van der Waals surface area contributed by atoms with Crippen molar-refractivity contribution < 1.29 is 34.8 Å². The van der Waals surface area contributed by atoms with E-state index in [0.29, 0.717) is 24.2 Å². The van der Waals surface area contributed by atoms with Crippen LogP contribution in [0.4, 0.5) is 0 Å². The summed E-state index contributed by atoms with van der Waals surface area (Å²) in [4.78, 5) is 47.4. The summed E-state index contributed by atoms with van der Waals surface area (Å²) in [5.41, 5.74) is 4.69. The highest BCUT2D eigenvalue weighted by molar-refractivity contribution is 6.24. The molecule has 0 unspecified atom stereocenters. The van der Waals surface area contributed by atoms with Gasteiger partial charge in [-0.3, -0.25) is 29.2 Å². The van der Waals surface area contributed by atoms with Gasteiger partial charge in [0.2, 0.25) is 5.78 Å². The molecule has 220 valence electrons. The van der Waals surface area contributed by atoms with Crippen LogP contribution < -0.4 is 5.73 Å². The maximum atomic E-state index is 14.0. The molecule has 1 amide bonds. The number of aliphatic hydroxyl groups excluding tert-OH is 2. The van der Waals surface area contributed by atoms with Crippen molar-refractivity contribution in [2.45, 2.75) is 31.0 Å². The lowest BCUT2D eigenvalue weighted by Gasteiger charge is -2.50. The minimum atomic E-state index is -2.67. The number of benzene rings is 1. The molecule has 11 heteroatoms. The lowest BCUT2D eigenvalue weighted by Crippen LogP contribution is -2.65. The van der Waals surface area contributed by atoms with E-state index in [4.69, 9.17) is 5.73 Å². The summed E-state index contributed by atoms with van der Waals surface area (Å²) in [5.74, 6) is -6.81. The van der Waals surface area contributed by atoms with Crippen molar-refractivity contribution in [3.05, 3.63) is 76.8 Å². The number of hydrogen-bond donors (Lipinski definition) is 5. The van der Waals surface area contributed by atoms with Crippen molar-refractivity contribution >= 4 is 23.2 Å². The Morgan fingerprint density at radius 3 is 2.55 bits per heavy atom. The van der Waals surface area contributed by atoms with Crippen LogP contribution in [0, 0.1) is 11.8 Å². The molecule has 0 spiro atoms. The molecule has 0 bridgehead atoms. The zero-order valence-corrected chi connectivity index (χ0v) is 23.7. The summed E-state index contributed by atoms with van der Waals surface area (Å²) in [7, 11) is 5.09. The van der Waals surface area contributed by atoms with Gasteiger partial charge in [-0.15, -0.1) is 6.58 Å². The van der Waals surface area contributed by atoms with Crippen molar-refractivity contribution in [3.63, 3.8) is 0 Å². The molecule has 3 aliphatic rings. The highest BCUT2D eigenvalue weighted by atomic mass is 16.3. The number of carbonyl (C=O) groups excluding carboxylic acids is 3. The van der Waals surface area contributed by atoms with E-state index in [0.717, 1.165) is 11.1 Å². The molecule has 42 heavy (non-hydrogen) atoms. The Bertz CT molecular complexity index is 1590. The van der Waals surface area contributed by atoms with Crippen LogP contribution in [-0.2, 0) is 27.3 Å². The van der Waals surface area contributed by atoms with Crippen molar-refractivity contribution in [1.29, 1.82) is 0 Å². The number of phenols is 1. The molecule has 3 aliphatic carbocycles. The van der Waals surface area contributed by atoms with Gasteiger partial charge in [0.15, 0.2) is 11.4 Å². The van der Waals surface area contributed by atoms with E-state index in [-0.39, 0.29) is 29.7 Å². The molecule has 2 aromatic rings. The summed E-state index contributed by atoms with van der Waals surface area (Å²) < 4.78 is 0. The lowest BCUT2D eigenvalue weighted by molar-refractivity contribution is -0.153. The molecule has 6 N–H and O–H groups in total. The summed E-state index contributed by atoms with van der Waals surface area (Å²) in [6.07, 6.45) is 5.46. The zero-order chi connectivity index (χ0) is 30.7. The number of hydrogen-bond acceptors (Lipinski definition) is 10. The zero-order valence-electron chi connectivity index (χ0n) is 23.7. The number of likely N-dealkylation sites (N-methyl/N-ethyl adjacent to an activating group) is 2. The number of pyridine rings is 1. The average Bonchev–Trinajstić information content (AvgIpc) is 2.90. The average molecular weight is 575 g/mol. The third kappa shape index (κ3) is 4.32. The topological polar surface area (TPSA) is 178 Å². The maximum Gasteiger partial charge on any atom is 0.255 e. The Morgan fingerprint density at radius 2 is 1.90 bits per heavy atom. The molecule has 11 nitrogen and oxygen atoms in total. The molecular formula is C31H34N4O7. The summed E-state index contributed by atoms with van der Waals surface area (Å²) >= 11 is 0. The summed E-state index contributed by atoms with van der Waals surface area (Å²) in [6.45, 7) is 5.07. The van der Waals surface area contributed by atoms with Gasteiger partial charge in [0.05, 0.1) is 11.6 Å². The number of fused-ring (bicyclic) bond motifs is 3. The van der Waals surface area contributed by atoms with Crippen LogP contribution in [0.5, 0.6) is 5.75 Å². The summed E-state index contributed by atoms with van der Waals surface area (Å²) in [6, 6.07) is 3.97. The van der Waals surface area contributed by atoms with E-state index in [1.807, 2.05) is 13.1 Å².